The molecule has 0 spiro atoms. The first kappa shape index (κ1) is 25.3. The second-order valence-corrected chi connectivity index (χ2v) is 8.31. The Morgan fingerprint density at radius 1 is 0.912 bits per heavy atom. The van der Waals surface area contributed by atoms with Gasteiger partial charge in [-0.05, 0) is 48.2 Å². The number of hydrogen-bond donors (Lipinski definition) is 0. The van der Waals surface area contributed by atoms with Gasteiger partial charge in [-0.15, -0.1) is 0 Å². The first-order valence-electron chi connectivity index (χ1n) is 11.4. The minimum Gasteiger partial charge on any atom is -0.493 e. The number of esters is 1. The summed E-state index contributed by atoms with van der Waals surface area (Å²) >= 11 is 0. The summed E-state index contributed by atoms with van der Waals surface area (Å²) in [5, 5.41) is 0. The van der Waals surface area contributed by atoms with Crippen LogP contribution in [0.3, 0.4) is 0 Å². The summed E-state index contributed by atoms with van der Waals surface area (Å²) in [6.45, 7) is 0.00909. The molecule has 0 unspecified atom stereocenters. The summed E-state index contributed by atoms with van der Waals surface area (Å²) < 4.78 is 34.6. The van der Waals surface area contributed by atoms with Crippen LogP contribution < -0.4 is 14.2 Å². The molecule has 7 nitrogen and oxygen atoms in total. The smallest absolute Gasteiger partial charge is 0.310 e. The highest BCUT2D eigenvalue weighted by Crippen LogP contribution is 2.38. The van der Waals surface area contributed by atoms with Crippen LogP contribution in [0.4, 0.5) is 4.39 Å². The fourth-order valence-electron chi connectivity index (χ4n) is 4.28. The van der Waals surface area contributed by atoms with Gasteiger partial charge in [0.25, 0.3) is 5.91 Å². The lowest BCUT2D eigenvalue weighted by atomic mass is 9.93. The largest absolute Gasteiger partial charge is 0.493 e. The van der Waals surface area contributed by atoms with Gasteiger partial charge in [-0.2, -0.15) is 0 Å². The molecule has 1 aliphatic carbocycles. The third-order valence-electron chi connectivity index (χ3n) is 6.03. The summed E-state index contributed by atoms with van der Waals surface area (Å²) in [6.07, 6.45) is 5.03. The minimum absolute atomic E-state index is 0.0502. The monoisotopic (exact) mass is 473 g/mol. The van der Waals surface area contributed by atoms with E-state index in [2.05, 4.69) is 0 Å². The van der Waals surface area contributed by atoms with Gasteiger partial charge in [-0.25, -0.2) is 4.39 Å². The molecule has 0 aromatic heterocycles. The number of carbonyl (C=O) groups is 2. The van der Waals surface area contributed by atoms with Gasteiger partial charge in [0, 0.05) is 12.6 Å². The molecule has 184 valence electrons. The number of benzene rings is 2. The molecule has 0 heterocycles. The normalized spacial score (nSPS) is 13.8. The van der Waals surface area contributed by atoms with Crippen LogP contribution in [0.5, 0.6) is 17.2 Å². The summed E-state index contributed by atoms with van der Waals surface area (Å²) in [5.74, 6) is 0.190. The maximum absolute atomic E-state index is 13.3. The lowest BCUT2D eigenvalue weighted by molar-refractivity contribution is -0.153. The number of ether oxygens (including phenoxy) is 4. The van der Waals surface area contributed by atoms with Crippen LogP contribution >= 0.6 is 0 Å². The Balaban J connectivity index is 1.65. The van der Waals surface area contributed by atoms with Gasteiger partial charge in [-0.3, -0.25) is 9.59 Å². The Morgan fingerprint density at radius 2 is 1.53 bits per heavy atom. The summed E-state index contributed by atoms with van der Waals surface area (Å²) in [5.41, 5.74) is 1.45. The van der Waals surface area contributed by atoms with E-state index in [4.69, 9.17) is 18.9 Å². The SMILES string of the molecule is COc1cc(CC(=O)OCC(=O)N(Cc2ccc(F)cc2)C2CCCCC2)cc(OC)c1OC. The zero-order chi connectivity index (χ0) is 24.5. The van der Waals surface area contributed by atoms with E-state index >= 15 is 0 Å². The standard InChI is InChI=1S/C26H32FNO6/c1-31-22-13-19(14-23(32-2)26(22)33-3)15-25(30)34-17-24(29)28(21-7-5-4-6-8-21)16-18-9-11-20(27)12-10-18/h9-14,21H,4-8,15-17H2,1-3H3. The molecule has 34 heavy (non-hydrogen) atoms. The Bertz CT molecular complexity index is 947. The summed E-state index contributed by atoms with van der Waals surface area (Å²) in [7, 11) is 4.50. The fraction of sp³-hybridized carbons (Fsp3) is 0.462. The quantitative estimate of drug-likeness (QED) is 0.479. The van der Waals surface area contributed by atoms with E-state index in [9.17, 15) is 14.0 Å². The number of carbonyl (C=O) groups excluding carboxylic acids is 2. The van der Waals surface area contributed by atoms with Crippen LogP contribution in [0.1, 0.15) is 43.2 Å². The van der Waals surface area contributed by atoms with Crippen LogP contribution in [0.15, 0.2) is 36.4 Å². The lowest BCUT2D eigenvalue weighted by Crippen LogP contribution is -2.43. The molecule has 2 aromatic carbocycles. The van der Waals surface area contributed by atoms with Gasteiger partial charge >= 0.3 is 5.97 Å². The van der Waals surface area contributed by atoms with Gasteiger partial charge in [0.05, 0.1) is 27.8 Å². The Labute approximate surface area is 199 Å². The predicted octanol–water partition coefficient (Wildman–Crippen LogP) is 4.30. The van der Waals surface area contributed by atoms with Crippen molar-refractivity contribution in [2.75, 3.05) is 27.9 Å². The van der Waals surface area contributed by atoms with E-state index in [0.717, 1.165) is 37.7 Å². The number of rotatable bonds is 10. The Morgan fingerprint density at radius 3 is 2.09 bits per heavy atom. The molecule has 0 bridgehead atoms. The maximum Gasteiger partial charge on any atom is 0.310 e. The van der Waals surface area contributed by atoms with Gasteiger partial charge in [0.2, 0.25) is 5.75 Å². The lowest BCUT2D eigenvalue weighted by Gasteiger charge is -2.34. The molecular formula is C26H32FNO6. The van der Waals surface area contributed by atoms with Crippen molar-refractivity contribution in [1.29, 1.82) is 0 Å². The molecule has 0 aliphatic heterocycles. The molecule has 1 aliphatic rings. The zero-order valence-corrected chi connectivity index (χ0v) is 20.0. The first-order chi connectivity index (χ1) is 16.4. The van der Waals surface area contributed by atoms with Crippen LogP contribution in [-0.2, 0) is 27.3 Å². The van der Waals surface area contributed by atoms with Crippen LogP contribution in [0.25, 0.3) is 0 Å². The molecule has 0 atom stereocenters. The van der Waals surface area contributed by atoms with Crippen molar-refractivity contribution in [1.82, 2.24) is 4.90 Å². The Kier molecular flexibility index (Phi) is 9.13. The summed E-state index contributed by atoms with van der Waals surface area (Å²) in [4.78, 5) is 27.4. The molecule has 8 heteroatoms. The molecule has 1 amide bonds. The third-order valence-corrected chi connectivity index (χ3v) is 6.03. The van der Waals surface area contributed by atoms with Gasteiger partial charge < -0.3 is 23.8 Å². The van der Waals surface area contributed by atoms with Crippen molar-refractivity contribution in [2.45, 2.75) is 51.1 Å². The molecule has 1 saturated carbocycles. The highest BCUT2D eigenvalue weighted by Gasteiger charge is 2.26. The van der Waals surface area contributed by atoms with E-state index in [1.54, 1.807) is 29.2 Å². The van der Waals surface area contributed by atoms with Crippen molar-refractivity contribution in [2.24, 2.45) is 0 Å². The van der Waals surface area contributed by atoms with E-state index < -0.39 is 5.97 Å². The third kappa shape index (κ3) is 6.62. The molecule has 1 fully saturated rings. The van der Waals surface area contributed by atoms with Gasteiger partial charge in [0.15, 0.2) is 18.1 Å². The zero-order valence-electron chi connectivity index (χ0n) is 20.0. The van der Waals surface area contributed by atoms with Gasteiger partial charge in [-0.1, -0.05) is 31.4 Å². The van der Waals surface area contributed by atoms with Crippen molar-refractivity contribution in [3.63, 3.8) is 0 Å². The topological polar surface area (TPSA) is 74.3 Å². The molecule has 0 saturated heterocycles. The molecule has 0 N–H and O–H groups in total. The average Bonchev–Trinajstić information content (AvgIpc) is 2.86. The summed E-state index contributed by atoms with van der Waals surface area (Å²) in [6, 6.07) is 9.55. The molecular weight excluding hydrogens is 441 g/mol. The number of halogens is 1. The van der Waals surface area contributed by atoms with E-state index in [1.807, 2.05) is 0 Å². The minimum atomic E-state index is -0.534. The molecule has 2 aromatic rings. The van der Waals surface area contributed by atoms with E-state index in [1.165, 1.54) is 33.5 Å². The number of hydrogen-bond acceptors (Lipinski definition) is 6. The van der Waals surface area contributed by atoms with Crippen molar-refractivity contribution in [3.8, 4) is 17.2 Å². The van der Waals surface area contributed by atoms with Crippen LogP contribution in [-0.4, -0.2) is 50.8 Å². The first-order valence-corrected chi connectivity index (χ1v) is 11.4. The van der Waals surface area contributed by atoms with E-state index in [0.29, 0.717) is 29.4 Å². The number of methoxy groups -OCH3 is 3. The fourth-order valence-corrected chi connectivity index (χ4v) is 4.28. The van der Waals surface area contributed by atoms with Crippen LogP contribution in [0, 0.1) is 5.82 Å². The Hall–Kier alpha value is -3.29. The van der Waals surface area contributed by atoms with Crippen molar-refractivity contribution >= 4 is 11.9 Å². The van der Waals surface area contributed by atoms with E-state index in [-0.39, 0.29) is 30.8 Å². The second kappa shape index (κ2) is 12.3. The maximum atomic E-state index is 13.3. The molecule has 3 rings (SSSR count). The van der Waals surface area contributed by atoms with Crippen LogP contribution in [0.2, 0.25) is 0 Å². The number of amides is 1. The highest BCUT2D eigenvalue weighted by atomic mass is 19.1. The van der Waals surface area contributed by atoms with Crippen molar-refractivity contribution < 1.29 is 32.9 Å². The number of nitrogens with zero attached hydrogens (tertiary/aromatic N) is 1. The predicted molar refractivity (Wildman–Crippen MR) is 125 cm³/mol. The highest BCUT2D eigenvalue weighted by molar-refractivity contribution is 5.81. The van der Waals surface area contributed by atoms with Crippen molar-refractivity contribution in [3.05, 3.63) is 53.3 Å². The average molecular weight is 474 g/mol. The van der Waals surface area contributed by atoms with Gasteiger partial charge in [0.1, 0.15) is 5.82 Å². The second-order valence-electron chi connectivity index (χ2n) is 8.31. The molecule has 0 radical (unpaired) electrons.